The maximum absolute atomic E-state index is 13.4. The van der Waals surface area contributed by atoms with Gasteiger partial charge in [-0.2, -0.15) is 0 Å². The third-order valence-electron chi connectivity index (χ3n) is 7.78. The van der Waals surface area contributed by atoms with E-state index < -0.39 is 0 Å². The molecular formula is C25H34FN3O3. The van der Waals surface area contributed by atoms with E-state index >= 15 is 0 Å². The second-order valence-electron chi connectivity index (χ2n) is 9.82. The number of piperidine rings is 1. The van der Waals surface area contributed by atoms with Crippen molar-refractivity contribution in [1.29, 1.82) is 0 Å². The predicted octanol–water partition coefficient (Wildman–Crippen LogP) is 2.71. The zero-order chi connectivity index (χ0) is 22.9. The summed E-state index contributed by atoms with van der Waals surface area (Å²) in [6.07, 6.45) is 3.19. The van der Waals surface area contributed by atoms with E-state index in [0.717, 1.165) is 37.9 Å². The van der Waals surface area contributed by atoms with Gasteiger partial charge in [-0.05, 0) is 48.8 Å². The molecule has 2 heterocycles. The van der Waals surface area contributed by atoms with Gasteiger partial charge in [0.1, 0.15) is 5.82 Å². The minimum Gasteiger partial charge on any atom is -0.340 e. The third-order valence-corrected chi connectivity index (χ3v) is 7.78. The monoisotopic (exact) mass is 443 g/mol. The van der Waals surface area contributed by atoms with E-state index in [4.69, 9.17) is 0 Å². The molecule has 0 radical (unpaired) electrons. The molecule has 7 heteroatoms. The summed E-state index contributed by atoms with van der Waals surface area (Å²) in [5, 5.41) is 0. The molecular weight excluding hydrogens is 409 g/mol. The van der Waals surface area contributed by atoms with Crippen LogP contribution in [0.4, 0.5) is 4.39 Å². The van der Waals surface area contributed by atoms with Crippen molar-refractivity contribution in [1.82, 2.24) is 14.7 Å². The molecule has 1 aliphatic carbocycles. The Morgan fingerprint density at radius 3 is 2.38 bits per heavy atom. The van der Waals surface area contributed by atoms with Gasteiger partial charge in [0.2, 0.25) is 11.7 Å². The summed E-state index contributed by atoms with van der Waals surface area (Å²) in [5.74, 6) is -0.790. The van der Waals surface area contributed by atoms with E-state index in [1.807, 2.05) is 17.9 Å². The van der Waals surface area contributed by atoms with Crippen LogP contribution >= 0.6 is 0 Å². The Morgan fingerprint density at radius 2 is 1.75 bits per heavy atom. The van der Waals surface area contributed by atoms with Gasteiger partial charge < -0.3 is 9.80 Å². The standard InChI is InChI=1S/C25H34FN3O3/c1-3-18(2)22(30)24(32)28-9-7-25(8-10-28)16-21(25)23(31)29-13-11-27(12-14-29)17-19-5-4-6-20(26)15-19/h4-6,15,18,21H,3,7-14,16-17H2,1-2H3/t18-,21+/m1/s1. The molecule has 32 heavy (non-hydrogen) atoms. The number of Topliss-reactive ketones (excluding diaryl/α,β-unsaturated/α-hetero) is 1. The summed E-state index contributed by atoms with van der Waals surface area (Å²) in [6, 6.07) is 6.69. The molecule has 2 saturated heterocycles. The lowest BCUT2D eigenvalue weighted by Crippen LogP contribution is -2.49. The van der Waals surface area contributed by atoms with E-state index in [0.29, 0.717) is 39.1 Å². The van der Waals surface area contributed by atoms with Gasteiger partial charge in [-0.1, -0.05) is 26.0 Å². The van der Waals surface area contributed by atoms with Gasteiger partial charge in [0, 0.05) is 57.6 Å². The molecule has 0 bridgehead atoms. The number of carbonyl (C=O) groups is 3. The number of amides is 2. The number of ketones is 1. The summed E-state index contributed by atoms with van der Waals surface area (Å²) in [5.41, 5.74) is 0.977. The van der Waals surface area contributed by atoms with Crippen LogP contribution in [0.2, 0.25) is 0 Å². The van der Waals surface area contributed by atoms with Crippen molar-refractivity contribution >= 4 is 17.6 Å². The van der Waals surface area contributed by atoms with Crippen LogP contribution in [-0.2, 0) is 20.9 Å². The van der Waals surface area contributed by atoms with Crippen LogP contribution in [-0.4, -0.2) is 71.6 Å². The average molecular weight is 444 g/mol. The highest BCUT2D eigenvalue weighted by Crippen LogP contribution is 2.60. The largest absolute Gasteiger partial charge is 0.340 e. The molecule has 1 saturated carbocycles. The molecule has 3 aliphatic rings. The van der Waals surface area contributed by atoms with Crippen LogP contribution in [0.25, 0.3) is 0 Å². The summed E-state index contributed by atoms with van der Waals surface area (Å²) in [7, 11) is 0. The highest BCUT2D eigenvalue weighted by Gasteiger charge is 2.59. The maximum Gasteiger partial charge on any atom is 0.290 e. The second kappa shape index (κ2) is 9.30. The van der Waals surface area contributed by atoms with Gasteiger partial charge >= 0.3 is 0 Å². The number of carbonyl (C=O) groups excluding carboxylic acids is 3. The second-order valence-corrected chi connectivity index (χ2v) is 9.82. The predicted molar refractivity (Wildman–Crippen MR) is 119 cm³/mol. The lowest BCUT2D eigenvalue weighted by Gasteiger charge is -2.36. The Hall–Kier alpha value is -2.28. The molecule has 3 fully saturated rings. The SMILES string of the molecule is CC[C@@H](C)C(=O)C(=O)N1CCC2(CC1)C[C@H]2C(=O)N1CCN(Cc2cccc(F)c2)CC1. The minimum atomic E-state index is -0.354. The highest BCUT2D eigenvalue weighted by atomic mass is 19.1. The molecule has 2 amide bonds. The number of hydrogen-bond donors (Lipinski definition) is 0. The van der Waals surface area contributed by atoms with Gasteiger partial charge in [0.05, 0.1) is 0 Å². The van der Waals surface area contributed by atoms with Crippen molar-refractivity contribution in [3.8, 4) is 0 Å². The zero-order valence-corrected chi connectivity index (χ0v) is 19.2. The van der Waals surface area contributed by atoms with Crippen LogP contribution in [0.5, 0.6) is 0 Å². The number of benzene rings is 1. The molecule has 1 spiro atoms. The molecule has 2 aliphatic heterocycles. The van der Waals surface area contributed by atoms with Crippen molar-refractivity contribution in [2.24, 2.45) is 17.3 Å². The number of rotatable bonds is 6. The fourth-order valence-corrected chi connectivity index (χ4v) is 5.20. The summed E-state index contributed by atoms with van der Waals surface area (Å²) >= 11 is 0. The Balaban J connectivity index is 1.23. The first-order chi connectivity index (χ1) is 15.3. The van der Waals surface area contributed by atoms with E-state index in [1.165, 1.54) is 6.07 Å². The number of nitrogens with zero attached hydrogens (tertiary/aromatic N) is 3. The van der Waals surface area contributed by atoms with Gasteiger partial charge in [-0.3, -0.25) is 19.3 Å². The van der Waals surface area contributed by atoms with Crippen LogP contribution in [0.1, 0.15) is 45.1 Å². The normalized spacial score (nSPS) is 23.8. The van der Waals surface area contributed by atoms with Crippen molar-refractivity contribution < 1.29 is 18.8 Å². The van der Waals surface area contributed by atoms with Crippen LogP contribution in [0, 0.1) is 23.1 Å². The van der Waals surface area contributed by atoms with Crippen molar-refractivity contribution in [2.45, 2.75) is 46.1 Å². The molecule has 4 rings (SSSR count). The topological polar surface area (TPSA) is 60.9 Å². The third kappa shape index (κ3) is 4.72. The maximum atomic E-state index is 13.4. The van der Waals surface area contributed by atoms with E-state index in [-0.39, 0.29) is 40.7 Å². The quantitative estimate of drug-likeness (QED) is 0.635. The van der Waals surface area contributed by atoms with Crippen LogP contribution < -0.4 is 0 Å². The number of likely N-dealkylation sites (tertiary alicyclic amines) is 1. The fourth-order valence-electron chi connectivity index (χ4n) is 5.20. The van der Waals surface area contributed by atoms with Crippen molar-refractivity contribution in [2.75, 3.05) is 39.3 Å². The Bertz CT molecular complexity index is 873. The van der Waals surface area contributed by atoms with E-state index in [1.54, 1.807) is 24.0 Å². The Kier molecular flexibility index (Phi) is 6.65. The summed E-state index contributed by atoms with van der Waals surface area (Å²) < 4.78 is 13.4. The lowest BCUT2D eigenvalue weighted by atomic mass is 9.89. The van der Waals surface area contributed by atoms with Crippen LogP contribution in [0.3, 0.4) is 0 Å². The van der Waals surface area contributed by atoms with E-state index in [9.17, 15) is 18.8 Å². The lowest BCUT2D eigenvalue weighted by molar-refractivity contribution is -0.147. The molecule has 0 unspecified atom stereocenters. The Morgan fingerprint density at radius 1 is 1.06 bits per heavy atom. The van der Waals surface area contributed by atoms with Gasteiger partial charge in [-0.25, -0.2) is 4.39 Å². The van der Waals surface area contributed by atoms with E-state index in [2.05, 4.69) is 4.90 Å². The minimum absolute atomic E-state index is 0.0198. The molecule has 0 aromatic heterocycles. The zero-order valence-electron chi connectivity index (χ0n) is 19.2. The number of piperazine rings is 1. The van der Waals surface area contributed by atoms with Crippen LogP contribution in [0.15, 0.2) is 24.3 Å². The first-order valence-electron chi connectivity index (χ1n) is 11.9. The first-order valence-corrected chi connectivity index (χ1v) is 11.9. The molecule has 0 N–H and O–H groups in total. The first kappa shape index (κ1) is 22.9. The summed E-state index contributed by atoms with van der Waals surface area (Å²) in [4.78, 5) is 43.7. The number of hydrogen-bond acceptors (Lipinski definition) is 4. The van der Waals surface area contributed by atoms with Gasteiger partial charge in [0.25, 0.3) is 5.91 Å². The molecule has 1 aromatic carbocycles. The van der Waals surface area contributed by atoms with Crippen molar-refractivity contribution in [3.63, 3.8) is 0 Å². The Labute approximate surface area is 189 Å². The fraction of sp³-hybridized carbons (Fsp3) is 0.640. The smallest absolute Gasteiger partial charge is 0.290 e. The van der Waals surface area contributed by atoms with Gasteiger partial charge in [0.15, 0.2) is 0 Å². The molecule has 6 nitrogen and oxygen atoms in total. The molecule has 2 atom stereocenters. The average Bonchev–Trinajstić information content (AvgIpc) is 3.51. The van der Waals surface area contributed by atoms with Crippen molar-refractivity contribution in [3.05, 3.63) is 35.6 Å². The summed E-state index contributed by atoms with van der Waals surface area (Å²) in [6.45, 7) is 8.57. The number of halogens is 1. The highest BCUT2D eigenvalue weighted by molar-refractivity contribution is 6.36. The van der Waals surface area contributed by atoms with Gasteiger partial charge in [-0.15, -0.1) is 0 Å². The molecule has 1 aromatic rings. The molecule has 174 valence electrons.